The zero-order valence-corrected chi connectivity index (χ0v) is 8.81. The van der Waals surface area contributed by atoms with Gasteiger partial charge in [-0.2, -0.15) is 0 Å². The van der Waals surface area contributed by atoms with Gasteiger partial charge in [0.05, 0.1) is 5.60 Å². The second-order valence-corrected chi connectivity index (χ2v) is 4.68. The first-order valence-electron chi connectivity index (χ1n) is 5.58. The van der Waals surface area contributed by atoms with Gasteiger partial charge in [-0.25, -0.2) is 0 Å². The molecule has 0 aromatic carbocycles. The van der Waals surface area contributed by atoms with Gasteiger partial charge in [0, 0.05) is 12.6 Å². The van der Waals surface area contributed by atoms with Gasteiger partial charge < -0.3 is 10.1 Å². The molecule has 3 unspecified atom stereocenters. The normalized spacial score (nSPS) is 45.7. The predicted octanol–water partition coefficient (Wildman–Crippen LogP) is 1.94. The van der Waals surface area contributed by atoms with Crippen molar-refractivity contribution in [2.75, 3.05) is 13.7 Å². The second kappa shape index (κ2) is 3.58. The monoisotopic (exact) mass is 183 g/mol. The minimum absolute atomic E-state index is 0.242. The molecule has 3 atom stereocenters. The van der Waals surface area contributed by atoms with Crippen molar-refractivity contribution in [3.05, 3.63) is 0 Å². The molecular weight excluding hydrogens is 162 g/mol. The van der Waals surface area contributed by atoms with Gasteiger partial charge in [0.2, 0.25) is 0 Å². The molecule has 2 fully saturated rings. The molecule has 0 radical (unpaired) electrons. The summed E-state index contributed by atoms with van der Waals surface area (Å²) in [6.45, 7) is 3.31. The second-order valence-electron chi connectivity index (χ2n) is 4.68. The molecule has 1 heterocycles. The van der Waals surface area contributed by atoms with Crippen LogP contribution in [-0.2, 0) is 4.74 Å². The summed E-state index contributed by atoms with van der Waals surface area (Å²) in [5, 5.41) is 3.40. The van der Waals surface area contributed by atoms with E-state index in [0.29, 0.717) is 6.04 Å². The topological polar surface area (TPSA) is 21.3 Å². The van der Waals surface area contributed by atoms with Crippen LogP contribution in [0.2, 0.25) is 0 Å². The van der Waals surface area contributed by atoms with Crippen LogP contribution < -0.4 is 5.32 Å². The molecule has 1 saturated heterocycles. The summed E-state index contributed by atoms with van der Waals surface area (Å²) in [4.78, 5) is 0. The Bertz CT molecular complexity index is 183. The fourth-order valence-electron chi connectivity index (χ4n) is 2.96. The highest BCUT2D eigenvalue weighted by Crippen LogP contribution is 2.44. The molecule has 2 aliphatic rings. The molecule has 13 heavy (non-hydrogen) atoms. The molecule has 76 valence electrons. The first-order valence-corrected chi connectivity index (χ1v) is 5.58. The van der Waals surface area contributed by atoms with Crippen LogP contribution >= 0.6 is 0 Å². The Kier molecular flexibility index (Phi) is 2.61. The molecule has 0 aromatic rings. The summed E-state index contributed by atoms with van der Waals surface area (Å²) >= 11 is 0. The van der Waals surface area contributed by atoms with Crippen LogP contribution in [0.4, 0.5) is 0 Å². The molecular formula is C11H21NO. The van der Waals surface area contributed by atoms with Crippen LogP contribution in [0.1, 0.15) is 39.0 Å². The van der Waals surface area contributed by atoms with Crippen LogP contribution in [-0.4, -0.2) is 25.3 Å². The first-order chi connectivity index (χ1) is 6.27. The van der Waals surface area contributed by atoms with Crippen molar-refractivity contribution in [2.45, 2.75) is 50.7 Å². The zero-order valence-electron chi connectivity index (χ0n) is 8.81. The highest BCUT2D eigenvalue weighted by Gasteiger charge is 2.44. The van der Waals surface area contributed by atoms with E-state index < -0.39 is 0 Å². The number of rotatable bonds is 1. The van der Waals surface area contributed by atoms with Gasteiger partial charge in [0.15, 0.2) is 0 Å². The van der Waals surface area contributed by atoms with Crippen molar-refractivity contribution in [1.29, 1.82) is 0 Å². The third-order valence-electron chi connectivity index (χ3n) is 3.99. The lowest BCUT2D eigenvalue weighted by Gasteiger charge is -2.41. The molecule has 1 N–H and O–H groups in total. The molecule has 1 spiro atoms. The van der Waals surface area contributed by atoms with Gasteiger partial charge in [0.25, 0.3) is 0 Å². The van der Waals surface area contributed by atoms with E-state index in [-0.39, 0.29) is 5.60 Å². The SMILES string of the molecule is CNC1CCOC2(CCCC2C)C1. The summed E-state index contributed by atoms with van der Waals surface area (Å²) < 4.78 is 6.03. The molecule has 0 amide bonds. The van der Waals surface area contributed by atoms with Crippen molar-refractivity contribution in [1.82, 2.24) is 5.32 Å². The number of ether oxygens (including phenoxy) is 1. The van der Waals surface area contributed by atoms with Crippen LogP contribution in [0.3, 0.4) is 0 Å². The van der Waals surface area contributed by atoms with Crippen molar-refractivity contribution in [2.24, 2.45) is 5.92 Å². The van der Waals surface area contributed by atoms with E-state index in [1.54, 1.807) is 0 Å². The Labute approximate surface area is 81.0 Å². The summed E-state index contributed by atoms with van der Waals surface area (Å²) in [6.07, 6.45) is 6.41. The lowest BCUT2D eigenvalue weighted by Crippen LogP contribution is -2.47. The Hall–Kier alpha value is -0.0800. The molecule has 0 bridgehead atoms. The maximum absolute atomic E-state index is 6.03. The highest BCUT2D eigenvalue weighted by atomic mass is 16.5. The molecule has 1 aliphatic heterocycles. The van der Waals surface area contributed by atoms with Gasteiger partial charge in [-0.05, 0) is 38.6 Å². The molecule has 0 aromatic heterocycles. The Balaban J connectivity index is 2.04. The van der Waals surface area contributed by atoms with Gasteiger partial charge in [-0.3, -0.25) is 0 Å². The van der Waals surface area contributed by atoms with E-state index in [9.17, 15) is 0 Å². The smallest absolute Gasteiger partial charge is 0.0722 e. The van der Waals surface area contributed by atoms with Crippen molar-refractivity contribution < 1.29 is 4.74 Å². The molecule has 2 nitrogen and oxygen atoms in total. The number of hydrogen-bond acceptors (Lipinski definition) is 2. The maximum Gasteiger partial charge on any atom is 0.0722 e. The molecule has 2 heteroatoms. The van der Waals surface area contributed by atoms with Crippen molar-refractivity contribution >= 4 is 0 Å². The van der Waals surface area contributed by atoms with Crippen LogP contribution in [0.5, 0.6) is 0 Å². The van der Waals surface area contributed by atoms with Gasteiger partial charge in [-0.15, -0.1) is 0 Å². The largest absolute Gasteiger partial charge is 0.375 e. The third kappa shape index (κ3) is 1.62. The average molecular weight is 183 g/mol. The lowest BCUT2D eigenvalue weighted by molar-refractivity contribution is -0.107. The van der Waals surface area contributed by atoms with Gasteiger partial charge in [-0.1, -0.05) is 13.3 Å². The molecule has 1 saturated carbocycles. The van der Waals surface area contributed by atoms with E-state index in [0.717, 1.165) is 12.5 Å². The van der Waals surface area contributed by atoms with E-state index in [4.69, 9.17) is 4.74 Å². The minimum Gasteiger partial charge on any atom is -0.375 e. The number of hydrogen-bond donors (Lipinski definition) is 1. The van der Waals surface area contributed by atoms with Crippen molar-refractivity contribution in [3.63, 3.8) is 0 Å². The minimum atomic E-state index is 0.242. The maximum atomic E-state index is 6.03. The lowest BCUT2D eigenvalue weighted by atomic mass is 9.83. The van der Waals surface area contributed by atoms with E-state index in [1.165, 1.54) is 32.1 Å². The fraction of sp³-hybridized carbons (Fsp3) is 1.00. The summed E-state index contributed by atoms with van der Waals surface area (Å²) in [5.41, 5.74) is 0.242. The van der Waals surface area contributed by atoms with Crippen LogP contribution in [0.25, 0.3) is 0 Å². The first kappa shape index (κ1) is 9.47. The summed E-state index contributed by atoms with van der Waals surface area (Å²) in [6, 6.07) is 0.689. The standard InChI is InChI=1S/C11H21NO/c1-9-4-3-6-11(9)8-10(12-2)5-7-13-11/h9-10,12H,3-8H2,1-2H3. The Morgan fingerprint density at radius 2 is 2.23 bits per heavy atom. The van der Waals surface area contributed by atoms with E-state index in [2.05, 4.69) is 19.3 Å². The average Bonchev–Trinajstić information content (AvgIpc) is 2.48. The quantitative estimate of drug-likeness (QED) is 0.671. The van der Waals surface area contributed by atoms with E-state index >= 15 is 0 Å². The Morgan fingerprint density at radius 3 is 2.85 bits per heavy atom. The summed E-state index contributed by atoms with van der Waals surface area (Å²) in [5.74, 6) is 0.767. The fourth-order valence-corrected chi connectivity index (χ4v) is 2.96. The van der Waals surface area contributed by atoms with Gasteiger partial charge >= 0.3 is 0 Å². The number of nitrogens with one attached hydrogen (secondary N) is 1. The van der Waals surface area contributed by atoms with E-state index in [1.807, 2.05) is 0 Å². The summed E-state index contributed by atoms with van der Waals surface area (Å²) in [7, 11) is 2.07. The predicted molar refractivity (Wildman–Crippen MR) is 53.8 cm³/mol. The zero-order chi connectivity index (χ0) is 9.31. The Morgan fingerprint density at radius 1 is 1.38 bits per heavy atom. The third-order valence-corrected chi connectivity index (χ3v) is 3.99. The highest BCUT2D eigenvalue weighted by molar-refractivity contribution is 4.97. The van der Waals surface area contributed by atoms with Crippen LogP contribution in [0.15, 0.2) is 0 Å². The molecule has 1 aliphatic carbocycles. The van der Waals surface area contributed by atoms with Gasteiger partial charge in [0.1, 0.15) is 0 Å². The van der Waals surface area contributed by atoms with Crippen molar-refractivity contribution in [3.8, 4) is 0 Å². The molecule has 2 rings (SSSR count). The van der Waals surface area contributed by atoms with Crippen LogP contribution in [0, 0.1) is 5.92 Å².